The normalized spacial score (nSPS) is 17.6. The molecule has 0 aromatic carbocycles. The van der Waals surface area contributed by atoms with E-state index in [0.29, 0.717) is 18.7 Å². The predicted molar refractivity (Wildman–Crippen MR) is 111 cm³/mol. The zero-order chi connectivity index (χ0) is 21.3. The molecule has 3 aromatic rings. The van der Waals surface area contributed by atoms with Gasteiger partial charge in [-0.1, -0.05) is 0 Å². The van der Waals surface area contributed by atoms with E-state index < -0.39 is 10.0 Å². The molecule has 158 valence electrons. The van der Waals surface area contributed by atoms with Crippen LogP contribution in [-0.2, 0) is 16.6 Å². The molecule has 1 aliphatic heterocycles. The lowest BCUT2D eigenvalue weighted by molar-refractivity contribution is 0.335. The second-order valence-electron chi connectivity index (χ2n) is 7.64. The van der Waals surface area contributed by atoms with Crippen molar-refractivity contribution in [2.24, 2.45) is 0 Å². The lowest BCUT2D eigenvalue weighted by Crippen LogP contribution is -2.40. The molecule has 1 unspecified atom stereocenters. The van der Waals surface area contributed by atoms with Crippen molar-refractivity contribution in [3.05, 3.63) is 59.5 Å². The van der Waals surface area contributed by atoms with E-state index in [2.05, 4.69) is 15.1 Å². The first kappa shape index (κ1) is 20.4. The first-order valence-electron chi connectivity index (χ1n) is 9.90. The van der Waals surface area contributed by atoms with Gasteiger partial charge < -0.3 is 4.57 Å². The molecule has 4 heterocycles. The summed E-state index contributed by atoms with van der Waals surface area (Å²) >= 11 is 0. The third kappa shape index (κ3) is 3.92. The molecule has 0 aliphatic carbocycles. The van der Waals surface area contributed by atoms with Crippen LogP contribution in [0, 0.1) is 0 Å². The topological polar surface area (TPSA) is 103 Å². The minimum atomic E-state index is -3.75. The van der Waals surface area contributed by atoms with Gasteiger partial charge in [-0.15, -0.1) is 0 Å². The number of hydrogen-bond donors (Lipinski definition) is 0. The summed E-state index contributed by atoms with van der Waals surface area (Å²) in [5.41, 5.74) is 1.22. The third-order valence-corrected chi connectivity index (χ3v) is 7.13. The van der Waals surface area contributed by atoms with Crippen LogP contribution in [0.1, 0.15) is 32.7 Å². The fourth-order valence-corrected chi connectivity index (χ4v) is 5.23. The van der Waals surface area contributed by atoms with Crippen molar-refractivity contribution in [2.75, 3.05) is 6.54 Å². The molecule has 1 atom stereocenters. The molecular formula is C20H24N6O3S. The van der Waals surface area contributed by atoms with E-state index in [0.717, 1.165) is 12.0 Å². The van der Waals surface area contributed by atoms with Crippen LogP contribution in [0.25, 0.3) is 11.3 Å². The number of hydrogen-bond acceptors (Lipinski definition) is 6. The van der Waals surface area contributed by atoms with Crippen LogP contribution in [0.15, 0.2) is 59.0 Å². The van der Waals surface area contributed by atoms with E-state index in [4.69, 9.17) is 0 Å². The van der Waals surface area contributed by atoms with Gasteiger partial charge >= 0.3 is 0 Å². The second-order valence-corrected chi connectivity index (χ2v) is 9.48. The zero-order valence-electron chi connectivity index (χ0n) is 16.9. The Balaban J connectivity index is 1.61. The van der Waals surface area contributed by atoms with E-state index in [1.807, 2.05) is 26.0 Å². The Kier molecular flexibility index (Phi) is 5.52. The van der Waals surface area contributed by atoms with Gasteiger partial charge in [0.05, 0.1) is 18.6 Å². The minimum Gasteiger partial charge on any atom is -0.334 e. The zero-order valence-corrected chi connectivity index (χ0v) is 17.7. The molecule has 0 N–H and O–H groups in total. The highest BCUT2D eigenvalue weighted by atomic mass is 32.2. The Bertz CT molecular complexity index is 1190. The van der Waals surface area contributed by atoms with Crippen molar-refractivity contribution >= 4 is 10.0 Å². The summed E-state index contributed by atoms with van der Waals surface area (Å²) in [7, 11) is -3.75. The van der Waals surface area contributed by atoms with E-state index in [-0.39, 0.29) is 29.2 Å². The van der Waals surface area contributed by atoms with Crippen molar-refractivity contribution in [3.63, 3.8) is 0 Å². The first-order valence-corrected chi connectivity index (χ1v) is 11.3. The molecule has 0 saturated carbocycles. The lowest BCUT2D eigenvalue weighted by atomic mass is 10.2. The van der Waals surface area contributed by atoms with Gasteiger partial charge in [0.15, 0.2) is 5.03 Å². The molecule has 1 fully saturated rings. The van der Waals surface area contributed by atoms with Crippen molar-refractivity contribution in [1.82, 2.24) is 28.6 Å². The number of rotatable bonds is 6. The van der Waals surface area contributed by atoms with Gasteiger partial charge in [-0.2, -0.15) is 9.40 Å². The second kappa shape index (κ2) is 8.11. The van der Waals surface area contributed by atoms with Crippen LogP contribution >= 0.6 is 0 Å². The average Bonchev–Trinajstić information content (AvgIpc) is 3.41. The number of imidazole rings is 1. The van der Waals surface area contributed by atoms with E-state index in [1.165, 1.54) is 21.4 Å². The van der Waals surface area contributed by atoms with Crippen molar-refractivity contribution in [1.29, 1.82) is 0 Å². The van der Waals surface area contributed by atoms with Gasteiger partial charge in [0.2, 0.25) is 0 Å². The maximum absolute atomic E-state index is 13.2. The highest BCUT2D eigenvalue weighted by Gasteiger charge is 2.37. The maximum atomic E-state index is 13.2. The highest BCUT2D eigenvalue weighted by Crippen LogP contribution is 2.26. The number of aromatic nitrogens is 5. The largest absolute Gasteiger partial charge is 0.334 e. The van der Waals surface area contributed by atoms with Gasteiger partial charge in [0.25, 0.3) is 15.6 Å². The Labute approximate surface area is 175 Å². The molecule has 30 heavy (non-hydrogen) atoms. The monoisotopic (exact) mass is 428 g/mol. The Morgan fingerprint density at radius 3 is 2.63 bits per heavy atom. The Morgan fingerprint density at radius 1 is 1.17 bits per heavy atom. The fourth-order valence-electron chi connectivity index (χ4n) is 3.62. The molecule has 0 amide bonds. The standard InChI is InChI=1S/C20H24N6O3S/c1-15(2)24-13-19(22-14-24)30(28,29)26-11-3-4-17(26)12-25-20(27)6-5-18(23-25)16-7-9-21-10-8-16/h5-10,13-15,17H,3-4,11-12H2,1-2H3. The van der Waals surface area contributed by atoms with E-state index in [1.54, 1.807) is 29.2 Å². The molecule has 1 aliphatic rings. The molecule has 4 rings (SSSR count). The van der Waals surface area contributed by atoms with Crippen LogP contribution in [0.4, 0.5) is 0 Å². The first-order chi connectivity index (χ1) is 14.4. The summed E-state index contributed by atoms with van der Waals surface area (Å²) < 4.78 is 30.9. The van der Waals surface area contributed by atoms with Crippen molar-refractivity contribution < 1.29 is 8.42 Å². The molecule has 0 radical (unpaired) electrons. The van der Waals surface area contributed by atoms with Gasteiger partial charge in [0, 0.05) is 48.8 Å². The molecule has 1 saturated heterocycles. The van der Waals surface area contributed by atoms with Crippen molar-refractivity contribution in [2.45, 2.75) is 50.3 Å². The number of pyridine rings is 1. The van der Waals surface area contributed by atoms with Crippen LogP contribution < -0.4 is 5.56 Å². The maximum Gasteiger partial charge on any atom is 0.266 e. The average molecular weight is 429 g/mol. The summed E-state index contributed by atoms with van der Waals surface area (Å²) in [5.74, 6) is 0. The van der Waals surface area contributed by atoms with Crippen molar-refractivity contribution in [3.8, 4) is 11.3 Å². The van der Waals surface area contributed by atoms with Crippen LogP contribution in [0.5, 0.6) is 0 Å². The van der Waals surface area contributed by atoms with E-state index in [9.17, 15) is 13.2 Å². The molecule has 9 nitrogen and oxygen atoms in total. The molecule has 0 spiro atoms. The summed E-state index contributed by atoms with van der Waals surface area (Å²) in [4.78, 5) is 20.5. The summed E-state index contributed by atoms with van der Waals surface area (Å²) in [6.07, 6.45) is 7.81. The van der Waals surface area contributed by atoms with Gasteiger partial charge in [-0.25, -0.2) is 18.1 Å². The van der Waals surface area contributed by atoms with Crippen LogP contribution in [-0.4, -0.2) is 49.6 Å². The number of nitrogens with zero attached hydrogens (tertiary/aromatic N) is 6. The predicted octanol–water partition coefficient (Wildman–Crippen LogP) is 1.94. The minimum absolute atomic E-state index is 0.0361. The molecular weight excluding hydrogens is 404 g/mol. The molecule has 3 aromatic heterocycles. The molecule has 0 bridgehead atoms. The quantitative estimate of drug-likeness (QED) is 0.594. The smallest absolute Gasteiger partial charge is 0.266 e. The lowest BCUT2D eigenvalue weighted by Gasteiger charge is -2.23. The summed E-state index contributed by atoms with van der Waals surface area (Å²) in [6.45, 7) is 4.53. The molecule has 10 heteroatoms. The van der Waals surface area contributed by atoms with Crippen LogP contribution in [0.3, 0.4) is 0 Å². The third-order valence-electron chi connectivity index (χ3n) is 5.30. The highest BCUT2D eigenvalue weighted by molar-refractivity contribution is 7.89. The van der Waals surface area contributed by atoms with E-state index >= 15 is 0 Å². The number of sulfonamides is 1. The van der Waals surface area contributed by atoms with Gasteiger partial charge in [-0.3, -0.25) is 9.78 Å². The Hall–Kier alpha value is -2.85. The van der Waals surface area contributed by atoms with Gasteiger partial charge in [-0.05, 0) is 44.9 Å². The van der Waals surface area contributed by atoms with Crippen LogP contribution in [0.2, 0.25) is 0 Å². The SMILES string of the molecule is CC(C)n1cnc(S(=O)(=O)N2CCCC2Cn2nc(-c3ccncc3)ccc2=O)c1. The summed E-state index contributed by atoms with van der Waals surface area (Å²) in [6, 6.07) is 6.52. The Morgan fingerprint density at radius 2 is 1.93 bits per heavy atom. The van der Waals surface area contributed by atoms with Gasteiger partial charge in [0.1, 0.15) is 0 Å². The fraction of sp³-hybridized carbons (Fsp3) is 0.400. The summed E-state index contributed by atoms with van der Waals surface area (Å²) in [5, 5.41) is 4.49.